The zero-order chi connectivity index (χ0) is 14.3. The lowest BCUT2D eigenvalue weighted by molar-refractivity contribution is -0.530. The highest BCUT2D eigenvalue weighted by atomic mass is 16.6. The van der Waals surface area contributed by atoms with E-state index in [-0.39, 0.29) is 6.42 Å². The second kappa shape index (κ2) is 7.15. The van der Waals surface area contributed by atoms with Crippen molar-refractivity contribution in [3.05, 3.63) is 10.1 Å². The number of alkyl carbamates (subject to hydrolysis) is 1. The number of rotatable bonds is 6. The van der Waals surface area contributed by atoms with Gasteiger partial charge in [-0.25, -0.2) is 4.79 Å². The molecule has 2 N–H and O–H groups in total. The van der Waals surface area contributed by atoms with Gasteiger partial charge in [-0.3, -0.25) is 10.1 Å². The second-order valence-corrected chi connectivity index (χ2v) is 5.16. The van der Waals surface area contributed by atoms with Crippen LogP contribution in [-0.2, 0) is 4.74 Å². The minimum Gasteiger partial charge on any atom is -0.444 e. The molecule has 0 saturated heterocycles. The van der Waals surface area contributed by atoms with E-state index in [0.29, 0.717) is 13.0 Å². The van der Waals surface area contributed by atoms with Gasteiger partial charge in [0.2, 0.25) is 6.04 Å². The van der Waals surface area contributed by atoms with Crippen molar-refractivity contribution in [2.75, 3.05) is 6.54 Å². The number of nitro groups is 1. The number of carbonyl (C=O) groups excluding carboxylic acids is 1. The van der Waals surface area contributed by atoms with Crippen LogP contribution in [0.1, 0.15) is 40.5 Å². The summed E-state index contributed by atoms with van der Waals surface area (Å²) in [6.45, 7) is 6.95. The Morgan fingerprint density at radius 1 is 1.50 bits per heavy atom. The van der Waals surface area contributed by atoms with Crippen LogP contribution in [0.15, 0.2) is 0 Å². The van der Waals surface area contributed by atoms with E-state index in [2.05, 4.69) is 5.32 Å². The lowest BCUT2D eigenvalue weighted by Gasteiger charge is -2.19. The molecule has 0 fully saturated rings. The first-order valence-electron chi connectivity index (χ1n) is 5.92. The van der Waals surface area contributed by atoms with Crippen molar-refractivity contribution in [2.24, 2.45) is 0 Å². The van der Waals surface area contributed by atoms with Gasteiger partial charge in [0.1, 0.15) is 11.7 Å². The molecular weight excluding hydrogens is 240 g/mol. The van der Waals surface area contributed by atoms with E-state index >= 15 is 0 Å². The summed E-state index contributed by atoms with van der Waals surface area (Å²) >= 11 is 0. The number of hydrogen-bond donors (Lipinski definition) is 2. The normalized spacial score (nSPS) is 14.7. The van der Waals surface area contributed by atoms with Crippen LogP contribution in [0, 0.1) is 10.1 Å². The predicted molar refractivity (Wildman–Crippen MR) is 65.9 cm³/mol. The van der Waals surface area contributed by atoms with E-state index in [1.807, 2.05) is 0 Å². The molecule has 7 heteroatoms. The Morgan fingerprint density at radius 2 is 2.06 bits per heavy atom. The molecule has 0 saturated carbocycles. The molecule has 2 atom stereocenters. The minimum absolute atomic E-state index is 0.262. The molecule has 0 aromatic carbocycles. The number of nitrogens with zero attached hydrogens (tertiary/aromatic N) is 1. The summed E-state index contributed by atoms with van der Waals surface area (Å²) in [5, 5.41) is 22.4. The summed E-state index contributed by atoms with van der Waals surface area (Å²) in [4.78, 5) is 21.1. The summed E-state index contributed by atoms with van der Waals surface area (Å²) < 4.78 is 5.01. The predicted octanol–water partition coefficient (Wildman–Crippen LogP) is 1.32. The van der Waals surface area contributed by atoms with E-state index in [1.54, 1.807) is 20.8 Å². The van der Waals surface area contributed by atoms with Crippen LogP contribution < -0.4 is 5.32 Å². The molecule has 0 aliphatic carbocycles. The Morgan fingerprint density at radius 3 is 2.50 bits per heavy atom. The Labute approximate surface area is 107 Å². The second-order valence-electron chi connectivity index (χ2n) is 5.16. The average Bonchev–Trinajstić information content (AvgIpc) is 2.20. The summed E-state index contributed by atoms with van der Waals surface area (Å²) in [6, 6.07) is -0.994. The highest BCUT2D eigenvalue weighted by molar-refractivity contribution is 5.67. The minimum atomic E-state index is -1.000. The molecule has 7 nitrogen and oxygen atoms in total. The number of aliphatic hydroxyl groups excluding tert-OH is 1. The Bertz CT molecular complexity index is 288. The average molecular weight is 262 g/mol. The van der Waals surface area contributed by atoms with Gasteiger partial charge in [0.05, 0.1) is 0 Å². The fraction of sp³-hybridized carbons (Fsp3) is 0.909. The fourth-order valence-corrected chi connectivity index (χ4v) is 1.20. The van der Waals surface area contributed by atoms with Crippen LogP contribution in [0.2, 0.25) is 0 Å². The molecule has 0 heterocycles. The number of aliphatic hydroxyl groups is 1. The summed E-state index contributed by atoms with van der Waals surface area (Å²) in [5.74, 6) is 0. The smallest absolute Gasteiger partial charge is 0.407 e. The highest BCUT2D eigenvalue weighted by Crippen LogP contribution is 2.07. The molecule has 0 aromatic heterocycles. The zero-order valence-electron chi connectivity index (χ0n) is 11.3. The fourth-order valence-electron chi connectivity index (χ4n) is 1.20. The van der Waals surface area contributed by atoms with Crippen LogP contribution in [0.4, 0.5) is 4.79 Å². The molecule has 0 aliphatic rings. The maximum absolute atomic E-state index is 11.2. The first-order valence-corrected chi connectivity index (χ1v) is 5.92. The number of amides is 1. The maximum atomic E-state index is 11.2. The molecule has 106 valence electrons. The molecular formula is C11H22N2O5. The molecule has 2 unspecified atom stereocenters. The summed E-state index contributed by atoms with van der Waals surface area (Å²) in [5.41, 5.74) is -0.552. The molecule has 0 bridgehead atoms. The molecule has 0 aromatic rings. The Balaban J connectivity index is 3.74. The third kappa shape index (κ3) is 7.83. The molecule has 0 radical (unpaired) electrons. The van der Waals surface area contributed by atoms with Crippen LogP contribution in [0.5, 0.6) is 0 Å². The third-order valence-corrected chi connectivity index (χ3v) is 2.23. The molecule has 18 heavy (non-hydrogen) atoms. The van der Waals surface area contributed by atoms with E-state index in [1.165, 1.54) is 6.92 Å². The van der Waals surface area contributed by atoms with Crippen LogP contribution in [0.25, 0.3) is 0 Å². The van der Waals surface area contributed by atoms with Crippen molar-refractivity contribution in [1.82, 2.24) is 5.32 Å². The maximum Gasteiger partial charge on any atom is 0.407 e. The standard InChI is InChI=1S/C11H22N2O5/c1-8(13(16)17)9(14)6-5-7-12-10(15)18-11(2,3)4/h8-9,14H,5-7H2,1-4H3,(H,12,15). The monoisotopic (exact) mass is 262 g/mol. The number of nitrogens with one attached hydrogen (secondary N) is 1. The largest absolute Gasteiger partial charge is 0.444 e. The zero-order valence-corrected chi connectivity index (χ0v) is 11.3. The number of hydrogen-bond acceptors (Lipinski definition) is 5. The lowest BCUT2D eigenvalue weighted by atomic mass is 10.1. The topological polar surface area (TPSA) is 102 Å². The van der Waals surface area contributed by atoms with Crippen LogP contribution in [0.3, 0.4) is 0 Å². The molecule has 1 amide bonds. The summed E-state index contributed by atoms with van der Waals surface area (Å²) in [7, 11) is 0. The van der Waals surface area contributed by atoms with E-state index in [9.17, 15) is 20.0 Å². The van der Waals surface area contributed by atoms with Crippen molar-refractivity contribution in [3.63, 3.8) is 0 Å². The Hall–Kier alpha value is -1.37. The van der Waals surface area contributed by atoms with Gasteiger partial charge < -0.3 is 15.2 Å². The first kappa shape index (κ1) is 16.6. The number of carbonyl (C=O) groups is 1. The van der Waals surface area contributed by atoms with Crippen molar-refractivity contribution >= 4 is 6.09 Å². The van der Waals surface area contributed by atoms with Crippen LogP contribution in [-0.4, -0.2) is 40.4 Å². The van der Waals surface area contributed by atoms with E-state index in [0.717, 1.165) is 0 Å². The third-order valence-electron chi connectivity index (χ3n) is 2.23. The number of ether oxygens (including phenoxy) is 1. The highest BCUT2D eigenvalue weighted by Gasteiger charge is 2.23. The lowest BCUT2D eigenvalue weighted by Crippen LogP contribution is -2.34. The molecule has 0 spiro atoms. The van der Waals surface area contributed by atoms with Gasteiger partial charge in [0, 0.05) is 18.4 Å². The van der Waals surface area contributed by atoms with Crippen LogP contribution >= 0.6 is 0 Å². The van der Waals surface area contributed by atoms with Gasteiger partial charge >= 0.3 is 6.09 Å². The first-order chi connectivity index (χ1) is 8.13. The SMILES string of the molecule is CC(C(O)CCCNC(=O)OC(C)(C)C)[N+](=O)[O-]. The van der Waals surface area contributed by atoms with Crippen molar-refractivity contribution in [2.45, 2.75) is 58.3 Å². The van der Waals surface area contributed by atoms with Gasteiger partial charge in [0.15, 0.2) is 0 Å². The molecule has 0 aliphatic heterocycles. The Kier molecular flexibility index (Phi) is 6.61. The summed E-state index contributed by atoms with van der Waals surface area (Å²) in [6.07, 6.45) is -0.809. The van der Waals surface area contributed by atoms with Gasteiger partial charge in [-0.05, 0) is 33.6 Å². The van der Waals surface area contributed by atoms with Crippen molar-refractivity contribution in [3.8, 4) is 0 Å². The van der Waals surface area contributed by atoms with Gasteiger partial charge in [-0.15, -0.1) is 0 Å². The molecule has 0 rings (SSSR count). The van der Waals surface area contributed by atoms with E-state index < -0.39 is 28.8 Å². The van der Waals surface area contributed by atoms with E-state index in [4.69, 9.17) is 4.74 Å². The van der Waals surface area contributed by atoms with Crippen molar-refractivity contribution < 1.29 is 19.6 Å². The van der Waals surface area contributed by atoms with Gasteiger partial charge in [-0.2, -0.15) is 0 Å². The quantitative estimate of drug-likeness (QED) is 0.427. The van der Waals surface area contributed by atoms with Gasteiger partial charge in [-0.1, -0.05) is 0 Å². The van der Waals surface area contributed by atoms with Crippen molar-refractivity contribution in [1.29, 1.82) is 0 Å². The van der Waals surface area contributed by atoms with Gasteiger partial charge in [0.25, 0.3) is 0 Å².